The zero-order valence-electron chi connectivity index (χ0n) is 15.6. The number of rotatable bonds is 5. The second-order valence-corrected chi connectivity index (χ2v) is 7.29. The summed E-state index contributed by atoms with van der Waals surface area (Å²) in [6.07, 6.45) is 4.87. The molecule has 1 saturated carbocycles. The van der Waals surface area contributed by atoms with Crippen molar-refractivity contribution in [2.24, 2.45) is 0 Å². The summed E-state index contributed by atoms with van der Waals surface area (Å²) in [5.41, 5.74) is 3.66. The minimum Gasteiger partial charge on any atom is -0.365 e. The molecule has 0 unspecified atom stereocenters. The number of aromatic nitrogens is 5. The summed E-state index contributed by atoms with van der Waals surface area (Å²) >= 11 is 0. The smallest absolute Gasteiger partial charge is 0.184 e. The largest absolute Gasteiger partial charge is 0.365 e. The molecule has 2 heterocycles. The lowest BCUT2D eigenvalue weighted by atomic mass is 10.2. The van der Waals surface area contributed by atoms with Crippen LogP contribution in [-0.4, -0.2) is 31.0 Å². The van der Waals surface area contributed by atoms with Crippen LogP contribution >= 0.6 is 0 Å². The van der Waals surface area contributed by atoms with E-state index in [2.05, 4.69) is 27.8 Å². The highest BCUT2D eigenvalue weighted by Gasteiger charge is 2.20. The number of nitrogens with one attached hydrogen (secondary N) is 1. The van der Waals surface area contributed by atoms with Crippen molar-refractivity contribution in [2.75, 3.05) is 5.32 Å². The Hall–Kier alpha value is -3.28. The average molecular weight is 370 g/mol. The van der Waals surface area contributed by atoms with Crippen LogP contribution in [0.3, 0.4) is 0 Å². The van der Waals surface area contributed by atoms with Crippen LogP contribution in [0.1, 0.15) is 31.2 Å². The molecular formula is C22H22N6. The fourth-order valence-corrected chi connectivity index (χ4v) is 3.80. The van der Waals surface area contributed by atoms with E-state index < -0.39 is 0 Å². The van der Waals surface area contributed by atoms with Gasteiger partial charge in [-0.3, -0.25) is 0 Å². The normalized spacial score (nSPS) is 14.6. The molecule has 2 aromatic carbocycles. The topological polar surface area (TPSA) is 68.5 Å². The summed E-state index contributed by atoms with van der Waals surface area (Å²) in [5.74, 6) is 1.49. The number of hydrogen-bond acceptors (Lipinski definition) is 5. The molecule has 0 atom stereocenters. The van der Waals surface area contributed by atoms with Gasteiger partial charge in [0, 0.05) is 11.6 Å². The highest BCUT2D eigenvalue weighted by molar-refractivity contribution is 5.84. The Bertz CT molecular complexity index is 1070. The lowest BCUT2D eigenvalue weighted by Crippen LogP contribution is -2.16. The quantitative estimate of drug-likeness (QED) is 0.567. The van der Waals surface area contributed by atoms with Gasteiger partial charge in [0.2, 0.25) is 0 Å². The molecule has 2 aromatic heterocycles. The highest BCUT2D eigenvalue weighted by Crippen LogP contribution is 2.27. The average Bonchev–Trinajstić information content (AvgIpc) is 3.40. The third kappa shape index (κ3) is 3.33. The summed E-state index contributed by atoms with van der Waals surface area (Å²) < 4.78 is 1.86. The van der Waals surface area contributed by atoms with E-state index in [0.717, 1.165) is 22.5 Å². The van der Waals surface area contributed by atoms with Crippen LogP contribution in [0.25, 0.3) is 22.6 Å². The Kier molecular flexibility index (Phi) is 4.45. The van der Waals surface area contributed by atoms with Gasteiger partial charge in [0.05, 0.1) is 6.54 Å². The van der Waals surface area contributed by atoms with Gasteiger partial charge in [-0.05, 0) is 18.4 Å². The van der Waals surface area contributed by atoms with E-state index in [4.69, 9.17) is 9.97 Å². The molecule has 1 aliphatic rings. The first-order valence-electron chi connectivity index (χ1n) is 9.84. The molecule has 1 fully saturated rings. The van der Waals surface area contributed by atoms with Crippen LogP contribution in [0.15, 0.2) is 60.7 Å². The van der Waals surface area contributed by atoms with Crippen LogP contribution < -0.4 is 5.32 Å². The van der Waals surface area contributed by atoms with Crippen molar-refractivity contribution in [2.45, 2.75) is 38.3 Å². The molecule has 6 nitrogen and oxygen atoms in total. The molecule has 0 radical (unpaired) electrons. The first-order chi connectivity index (χ1) is 13.9. The molecule has 0 aliphatic heterocycles. The second-order valence-electron chi connectivity index (χ2n) is 7.29. The number of anilines is 1. The third-order valence-corrected chi connectivity index (χ3v) is 5.27. The Labute approximate surface area is 163 Å². The summed E-state index contributed by atoms with van der Waals surface area (Å²) in [6, 6.07) is 20.8. The van der Waals surface area contributed by atoms with E-state index in [-0.39, 0.29) is 0 Å². The van der Waals surface area contributed by atoms with Crippen molar-refractivity contribution >= 4 is 17.0 Å². The summed E-state index contributed by atoms with van der Waals surface area (Å²) in [5, 5.41) is 12.4. The predicted molar refractivity (Wildman–Crippen MR) is 110 cm³/mol. The van der Waals surface area contributed by atoms with E-state index in [1.54, 1.807) is 0 Å². The fourth-order valence-electron chi connectivity index (χ4n) is 3.80. The molecule has 1 N–H and O–H groups in total. The maximum absolute atomic E-state index is 4.82. The maximum atomic E-state index is 4.82. The Balaban J connectivity index is 1.60. The van der Waals surface area contributed by atoms with Gasteiger partial charge in [0.1, 0.15) is 0 Å². The summed E-state index contributed by atoms with van der Waals surface area (Å²) in [7, 11) is 0. The van der Waals surface area contributed by atoms with Gasteiger partial charge >= 0.3 is 0 Å². The molecule has 0 saturated heterocycles. The molecule has 6 heteroatoms. The van der Waals surface area contributed by atoms with Gasteiger partial charge < -0.3 is 5.32 Å². The molecule has 0 bridgehead atoms. The summed E-state index contributed by atoms with van der Waals surface area (Å²) in [6.45, 7) is 0.630. The molecule has 0 spiro atoms. The second kappa shape index (κ2) is 7.38. The summed E-state index contributed by atoms with van der Waals surface area (Å²) in [4.78, 5) is 9.64. The van der Waals surface area contributed by atoms with Gasteiger partial charge in [0.25, 0.3) is 0 Å². The van der Waals surface area contributed by atoms with Crippen molar-refractivity contribution in [1.29, 1.82) is 0 Å². The highest BCUT2D eigenvalue weighted by atomic mass is 15.4. The van der Waals surface area contributed by atoms with Gasteiger partial charge in [-0.2, -0.15) is 0 Å². The van der Waals surface area contributed by atoms with Gasteiger partial charge in [-0.25, -0.2) is 14.6 Å². The van der Waals surface area contributed by atoms with Crippen molar-refractivity contribution in [3.05, 3.63) is 66.2 Å². The third-order valence-electron chi connectivity index (χ3n) is 5.27. The van der Waals surface area contributed by atoms with E-state index in [9.17, 15) is 0 Å². The standard InChI is InChI=1S/C22H22N6/c1-3-9-16(10-4-1)15-28-22-19(26-27-28)21(23-18-13-7-8-14-18)24-20(25-22)17-11-5-2-6-12-17/h1-6,9-12,18H,7-8,13-15H2,(H,23,24,25). The van der Waals surface area contributed by atoms with Crippen molar-refractivity contribution in [3.63, 3.8) is 0 Å². The molecular weight excluding hydrogens is 348 g/mol. The SMILES string of the molecule is c1ccc(Cn2nnc3c(NC4CCCC4)nc(-c4ccccc4)nc32)cc1. The van der Waals surface area contributed by atoms with E-state index in [0.29, 0.717) is 18.4 Å². The molecule has 140 valence electrons. The van der Waals surface area contributed by atoms with E-state index >= 15 is 0 Å². The zero-order valence-corrected chi connectivity index (χ0v) is 15.6. The number of fused-ring (bicyclic) bond motifs is 1. The van der Waals surface area contributed by atoms with Crippen LogP contribution in [0.2, 0.25) is 0 Å². The Morgan fingerprint density at radius 2 is 1.61 bits per heavy atom. The van der Waals surface area contributed by atoms with Crippen LogP contribution in [-0.2, 0) is 6.54 Å². The van der Waals surface area contributed by atoms with Gasteiger partial charge in [0.15, 0.2) is 22.8 Å². The predicted octanol–water partition coefficient (Wildman–Crippen LogP) is 4.29. The first-order valence-corrected chi connectivity index (χ1v) is 9.84. The number of hydrogen-bond donors (Lipinski definition) is 1. The Morgan fingerprint density at radius 3 is 2.36 bits per heavy atom. The maximum Gasteiger partial charge on any atom is 0.184 e. The molecule has 0 amide bonds. The minimum absolute atomic E-state index is 0.445. The van der Waals surface area contributed by atoms with Crippen LogP contribution in [0, 0.1) is 0 Å². The molecule has 28 heavy (non-hydrogen) atoms. The fraction of sp³-hybridized carbons (Fsp3) is 0.273. The zero-order chi connectivity index (χ0) is 18.8. The molecule has 5 rings (SSSR count). The van der Waals surface area contributed by atoms with Crippen LogP contribution in [0.4, 0.5) is 5.82 Å². The molecule has 4 aromatic rings. The van der Waals surface area contributed by atoms with Crippen LogP contribution in [0.5, 0.6) is 0 Å². The number of benzene rings is 2. The minimum atomic E-state index is 0.445. The Morgan fingerprint density at radius 1 is 0.893 bits per heavy atom. The number of nitrogens with zero attached hydrogens (tertiary/aromatic N) is 5. The lowest BCUT2D eigenvalue weighted by molar-refractivity contribution is 0.664. The monoisotopic (exact) mass is 370 g/mol. The van der Waals surface area contributed by atoms with Gasteiger partial charge in [-0.1, -0.05) is 78.7 Å². The lowest BCUT2D eigenvalue weighted by Gasteiger charge is -2.14. The van der Waals surface area contributed by atoms with Crippen molar-refractivity contribution < 1.29 is 0 Å². The van der Waals surface area contributed by atoms with E-state index in [1.807, 2.05) is 53.2 Å². The first kappa shape index (κ1) is 16.9. The van der Waals surface area contributed by atoms with Crippen molar-refractivity contribution in [1.82, 2.24) is 25.0 Å². The van der Waals surface area contributed by atoms with Crippen molar-refractivity contribution in [3.8, 4) is 11.4 Å². The van der Waals surface area contributed by atoms with E-state index in [1.165, 1.54) is 31.2 Å². The van der Waals surface area contributed by atoms with Gasteiger partial charge in [-0.15, -0.1) is 5.10 Å². The molecule has 1 aliphatic carbocycles.